The largest absolute Gasteiger partial charge is 0.416 e. The van der Waals surface area contributed by atoms with Crippen LogP contribution in [-0.4, -0.2) is 55.1 Å². The van der Waals surface area contributed by atoms with Crippen LogP contribution in [0.15, 0.2) is 53.4 Å². The van der Waals surface area contributed by atoms with Crippen molar-refractivity contribution >= 4 is 21.8 Å². The van der Waals surface area contributed by atoms with Crippen LogP contribution < -0.4 is 5.32 Å². The number of nitrogens with one attached hydrogen (secondary N) is 1. The molecule has 2 aliphatic rings. The van der Waals surface area contributed by atoms with Crippen LogP contribution >= 0.6 is 0 Å². The first-order valence-corrected chi connectivity index (χ1v) is 13.2. The summed E-state index contributed by atoms with van der Waals surface area (Å²) in [6, 6.07) is 11.3. The van der Waals surface area contributed by atoms with E-state index in [1.807, 2.05) is 6.07 Å². The van der Waals surface area contributed by atoms with Crippen LogP contribution in [-0.2, 0) is 27.5 Å². The molecule has 2 aromatic rings. The maximum atomic E-state index is 13.3. The predicted molar refractivity (Wildman–Crippen MR) is 126 cm³/mol. The van der Waals surface area contributed by atoms with Gasteiger partial charge in [-0.2, -0.15) is 22.7 Å². The van der Waals surface area contributed by atoms with Gasteiger partial charge in [-0.15, -0.1) is 0 Å². The number of hydrogen-bond acceptors (Lipinski definition) is 5. The third-order valence-electron chi connectivity index (χ3n) is 6.56. The lowest BCUT2D eigenvalue weighted by Crippen LogP contribution is -2.51. The van der Waals surface area contributed by atoms with E-state index >= 15 is 0 Å². The van der Waals surface area contributed by atoms with Crippen molar-refractivity contribution in [2.45, 2.75) is 42.9 Å². The molecule has 2 aromatic carbocycles. The summed E-state index contributed by atoms with van der Waals surface area (Å²) in [6.07, 6.45) is -2.65. The number of hydrogen-bond donors (Lipinski definition) is 1. The van der Waals surface area contributed by atoms with Crippen molar-refractivity contribution in [1.29, 1.82) is 5.26 Å². The van der Waals surface area contributed by atoms with Gasteiger partial charge in [-0.1, -0.05) is 18.2 Å². The van der Waals surface area contributed by atoms with Crippen LogP contribution in [0.5, 0.6) is 0 Å². The molecule has 12 heteroatoms. The molecule has 4 rings (SSSR count). The highest BCUT2D eigenvalue weighted by atomic mass is 32.2. The second kappa shape index (κ2) is 10.5. The van der Waals surface area contributed by atoms with Gasteiger partial charge in [0.15, 0.2) is 0 Å². The Balaban J connectivity index is 1.44. The van der Waals surface area contributed by atoms with Gasteiger partial charge in [0.2, 0.25) is 15.9 Å². The first-order chi connectivity index (χ1) is 17.5. The number of amides is 2. The first kappa shape index (κ1) is 26.6. The number of piperidine rings is 1. The van der Waals surface area contributed by atoms with E-state index in [0.29, 0.717) is 31.4 Å². The Morgan fingerprint density at radius 3 is 2.43 bits per heavy atom. The number of rotatable bonds is 6. The molecule has 0 radical (unpaired) electrons. The zero-order valence-corrected chi connectivity index (χ0v) is 20.6. The summed E-state index contributed by atoms with van der Waals surface area (Å²) >= 11 is 0. The summed E-state index contributed by atoms with van der Waals surface area (Å²) in [5.41, 5.74) is -0.173. The number of carbonyl (C=O) groups excluding carboxylic acids is 2. The predicted octanol–water partition coefficient (Wildman–Crippen LogP) is 3.16. The summed E-state index contributed by atoms with van der Waals surface area (Å²) in [5, 5.41) is 11.6. The van der Waals surface area contributed by atoms with Gasteiger partial charge in [0, 0.05) is 31.7 Å². The smallest absolute Gasteiger partial charge is 0.350 e. The van der Waals surface area contributed by atoms with Crippen molar-refractivity contribution < 1.29 is 31.2 Å². The number of sulfonamides is 1. The fourth-order valence-corrected chi connectivity index (χ4v) is 5.96. The standard InChI is InChI=1S/C25H25F3N4O4S/c26-25(27,28)20-9-7-17(8-10-20)14-30-23(33)22-6-1-2-11-32(22)24(34)19-4-3-5-21(12-19)37(35,36)31-15-18(13-29)16-31/h3-5,7-10,12,18,22H,1-2,6,11,14-16H2,(H,30,33)/t22-/m1/s1. The van der Waals surface area contributed by atoms with E-state index in [-0.39, 0.29) is 36.0 Å². The van der Waals surface area contributed by atoms with Crippen molar-refractivity contribution in [1.82, 2.24) is 14.5 Å². The zero-order chi connectivity index (χ0) is 26.8. The quantitative estimate of drug-likeness (QED) is 0.612. The van der Waals surface area contributed by atoms with Crippen LogP contribution in [0, 0.1) is 17.2 Å². The molecule has 8 nitrogen and oxygen atoms in total. The van der Waals surface area contributed by atoms with Crippen LogP contribution in [0.2, 0.25) is 0 Å². The van der Waals surface area contributed by atoms with E-state index in [1.165, 1.54) is 45.6 Å². The van der Waals surface area contributed by atoms with Gasteiger partial charge in [0.25, 0.3) is 5.91 Å². The summed E-state index contributed by atoms with van der Waals surface area (Å²) in [7, 11) is -3.85. The van der Waals surface area contributed by atoms with Gasteiger partial charge in [0.05, 0.1) is 22.4 Å². The Morgan fingerprint density at radius 1 is 1.08 bits per heavy atom. The Kier molecular flexibility index (Phi) is 7.57. The average Bonchev–Trinajstić information content (AvgIpc) is 2.86. The number of nitrogens with zero attached hydrogens (tertiary/aromatic N) is 3. The second-order valence-corrected chi connectivity index (χ2v) is 11.0. The average molecular weight is 535 g/mol. The third-order valence-corrected chi connectivity index (χ3v) is 8.39. The van der Waals surface area contributed by atoms with E-state index in [4.69, 9.17) is 5.26 Å². The van der Waals surface area contributed by atoms with Gasteiger partial charge in [-0.3, -0.25) is 9.59 Å². The second-order valence-electron chi connectivity index (χ2n) is 9.10. The van der Waals surface area contributed by atoms with E-state index in [1.54, 1.807) is 0 Å². The Bertz CT molecular complexity index is 1320. The molecule has 196 valence electrons. The molecule has 2 aliphatic heterocycles. The molecule has 1 N–H and O–H groups in total. The van der Waals surface area contributed by atoms with Gasteiger partial charge < -0.3 is 10.2 Å². The highest BCUT2D eigenvalue weighted by Gasteiger charge is 2.38. The van der Waals surface area contributed by atoms with Crippen molar-refractivity contribution in [3.05, 3.63) is 65.2 Å². The maximum absolute atomic E-state index is 13.3. The fraction of sp³-hybridized carbons (Fsp3) is 0.400. The minimum absolute atomic E-state index is 0.00273. The molecule has 0 spiro atoms. The Morgan fingerprint density at radius 2 is 1.78 bits per heavy atom. The van der Waals surface area contributed by atoms with Crippen LogP contribution in [0.4, 0.5) is 13.2 Å². The number of nitriles is 1. The van der Waals surface area contributed by atoms with E-state index in [0.717, 1.165) is 12.1 Å². The molecule has 1 atom stereocenters. The van der Waals surface area contributed by atoms with Gasteiger partial charge in [-0.05, 0) is 55.2 Å². The number of benzene rings is 2. The molecule has 0 aliphatic carbocycles. The third kappa shape index (κ3) is 5.78. The lowest BCUT2D eigenvalue weighted by molar-refractivity contribution is -0.137. The summed E-state index contributed by atoms with van der Waals surface area (Å²) < 4.78 is 65.2. The summed E-state index contributed by atoms with van der Waals surface area (Å²) in [4.78, 5) is 27.6. The molecule has 37 heavy (non-hydrogen) atoms. The minimum Gasteiger partial charge on any atom is -0.350 e. The first-order valence-electron chi connectivity index (χ1n) is 11.8. The van der Waals surface area contributed by atoms with E-state index in [2.05, 4.69) is 5.32 Å². The number of likely N-dealkylation sites (tertiary alicyclic amines) is 1. The minimum atomic E-state index is -4.45. The maximum Gasteiger partial charge on any atom is 0.416 e. The zero-order valence-electron chi connectivity index (χ0n) is 19.7. The fourth-order valence-electron chi connectivity index (χ4n) is 4.39. The molecule has 2 heterocycles. The van der Waals surface area contributed by atoms with Crippen molar-refractivity contribution in [2.24, 2.45) is 5.92 Å². The normalized spacial score (nSPS) is 19.1. The molecule has 2 amide bonds. The number of halogens is 3. The molecule has 2 fully saturated rings. The molecular weight excluding hydrogens is 509 g/mol. The van der Waals surface area contributed by atoms with Gasteiger partial charge >= 0.3 is 6.18 Å². The summed E-state index contributed by atoms with van der Waals surface area (Å²) in [6.45, 7) is 0.515. The summed E-state index contributed by atoms with van der Waals surface area (Å²) in [5.74, 6) is -1.26. The molecule has 0 bridgehead atoms. The highest BCUT2D eigenvalue weighted by Crippen LogP contribution is 2.29. The van der Waals surface area contributed by atoms with Gasteiger partial charge in [0.1, 0.15) is 6.04 Å². The SMILES string of the molecule is N#CC1CN(S(=O)(=O)c2cccc(C(=O)N3CCCC[C@@H]3C(=O)NCc3ccc(C(F)(F)F)cc3)c2)C1. The lowest BCUT2D eigenvalue weighted by atomic mass is 9.99. The molecular formula is C25H25F3N4O4S. The molecule has 2 saturated heterocycles. The van der Waals surface area contributed by atoms with Crippen LogP contribution in [0.3, 0.4) is 0 Å². The topological polar surface area (TPSA) is 111 Å². The monoisotopic (exact) mass is 534 g/mol. The molecule has 0 saturated carbocycles. The highest BCUT2D eigenvalue weighted by molar-refractivity contribution is 7.89. The lowest BCUT2D eigenvalue weighted by Gasteiger charge is -2.35. The van der Waals surface area contributed by atoms with Gasteiger partial charge in [-0.25, -0.2) is 8.42 Å². The van der Waals surface area contributed by atoms with Crippen LogP contribution in [0.25, 0.3) is 0 Å². The van der Waals surface area contributed by atoms with Crippen molar-refractivity contribution in [2.75, 3.05) is 19.6 Å². The number of alkyl halides is 3. The van der Waals surface area contributed by atoms with E-state index in [9.17, 15) is 31.2 Å². The number of carbonyl (C=O) groups is 2. The molecule has 0 unspecified atom stereocenters. The van der Waals surface area contributed by atoms with E-state index < -0.39 is 39.6 Å². The molecule has 0 aromatic heterocycles. The van der Waals surface area contributed by atoms with Crippen molar-refractivity contribution in [3.8, 4) is 6.07 Å². The van der Waals surface area contributed by atoms with Crippen molar-refractivity contribution in [3.63, 3.8) is 0 Å². The Labute approximate surface area is 212 Å². The van der Waals surface area contributed by atoms with Crippen LogP contribution in [0.1, 0.15) is 40.7 Å². The Hall–Kier alpha value is -3.43.